The lowest BCUT2D eigenvalue weighted by Crippen LogP contribution is -2.50. The van der Waals surface area contributed by atoms with Crippen LogP contribution >= 0.6 is 0 Å². The second-order valence-electron chi connectivity index (χ2n) is 9.07. The van der Waals surface area contributed by atoms with Crippen molar-refractivity contribution in [3.05, 3.63) is 35.9 Å². The molecule has 1 fully saturated rings. The van der Waals surface area contributed by atoms with Gasteiger partial charge in [-0.3, -0.25) is 14.5 Å². The maximum absolute atomic E-state index is 13.0. The largest absolute Gasteiger partial charge is 0.459 e. The molecule has 4 atom stereocenters. The molecule has 158 valence electrons. The van der Waals surface area contributed by atoms with Gasteiger partial charge in [0.25, 0.3) is 0 Å². The molecule has 1 aromatic carbocycles. The summed E-state index contributed by atoms with van der Waals surface area (Å²) in [6.07, 6.45) is 2.78. The van der Waals surface area contributed by atoms with Crippen LogP contribution in [-0.2, 0) is 20.7 Å². The number of carbonyl (C=O) groups is 2. The highest BCUT2D eigenvalue weighted by Gasteiger charge is 2.45. The number of Topliss-reactive ketones (excluding diaryl/α,β-unsaturated/α-hetero) is 1. The molecule has 1 aliphatic rings. The van der Waals surface area contributed by atoms with Crippen LogP contribution in [0, 0.1) is 23.2 Å². The zero-order valence-electron chi connectivity index (χ0n) is 18.4. The van der Waals surface area contributed by atoms with Gasteiger partial charge in [0.15, 0.2) is 0 Å². The summed E-state index contributed by atoms with van der Waals surface area (Å²) >= 11 is 0. The van der Waals surface area contributed by atoms with Crippen LogP contribution in [0.5, 0.6) is 0 Å². The van der Waals surface area contributed by atoms with E-state index in [0.29, 0.717) is 19.4 Å². The summed E-state index contributed by atoms with van der Waals surface area (Å²) in [5.74, 6) is -0.578. The van der Waals surface area contributed by atoms with Crippen molar-refractivity contribution >= 4 is 11.8 Å². The SMILES string of the molecule is CCC[C@@H](C(C)=O)[C@@H](Cc1ccccc1)N1C[C@H](C#N)CC1C(=O)OC(C)(C)C. The first-order valence-electron chi connectivity index (χ1n) is 10.6. The Morgan fingerprint density at radius 1 is 1.28 bits per heavy atom. The van der Waals surface area contributed by atoms with Gasteiger partial charge in [-0.15, -0.1) is 0 Å². The van der Waals surface area contributed by atoms with E-state index >= 15 is 0 Å². The molecule has 1 saturated heterocycles. The topological polar surface area (TPSA) is 70.4 Å². The lowest BCUT2D eigenvalue weighted by atomic mass is 9.85. The molecule has 0 aliphatic carbocycles. The summed E-state index contributed by atoms with van der Waals surface area (Å²) in [6.45, 7) is 9.75. The highest BCUT2D eigenvalue weighted by molar-refractivity contribution is 5.80. The fraction of sp³-hybridized carbons (Fsp3) is 0.625. The molecule has 0 radical (unpaired) electrons. The maximum atomic E-state index is 13.0. The minimum absolute atomic E-state index is 0.134. The molecule has 0 aromatic heterocycles. The third-order valence-electron chi connectivity index (χ3n) is 5.50. The van der Waals surface area contributed by atoms with Crippen LogP contribution in [0.3, 0.4) is 0 Å². The number of rotatable bonds is 8. The standard InChI is InChI=1S/C24H34N2O3/c1-6-10-20(17(2)27)21(13-18-11-8-7-9-12-18)26-16-19(15-25)14-22(26)23(28)29-24(3,4)5/h7-9,11-12,19-22H,6,10,13-14,16H2,1-5H3/t19-,20-,21+,22?/m0/s1. The highest BCUT2D eigenvalue weighted by Crippen LogP contribution is 2.33. The van der Waals surface area contributed by atoms with Crippen LogP contribution in [0.25, 0.3) is 0 Å². The van der Waals surface area contributed by atoms with Gasteiger partial charge < -0.3 is 4.74 Å². The molecular formula is C24H34N2O3. The van der Waals surface area contributed by atoms with Crippen molar-refractivity contribution < 1.29 is 14.3 Å². The van der Waals surface area contributed by atoms with Crippen molar-refractivity contribution in [2.45, 2.75) is 78.0 Å². The van der Waals surface area contributed by atoms with Crippen LogP contribution < -0.4 is 0 Å². The maximum Gasteiger partial charge on any atom is 0.323 e. The molecule has 0 N–H and O–H groups in total. The highest BCUT2D eigenvalue weighted by atomic mass is 16.6. The molecule has 0 saturated carbocycles. The predicted octanol–water partition coefficient (Wildman–Crippen LogP) is 4.16. The van der Waals surface area contributed by atoms with E-state index in [9.17, 15) is 14.9 Å². The summed E-state index contributed by atoms with van der Waals surface area (Å²) in [5, 5.41) is 9.54. The predicted molar refractivity (Wildman–Crippen MR) is 113 cm³/mol. The molecule has 1 heterocycles. The van der Waals surface area contributed by atoms with Gasteiger partial charge in [-0.25, -0.2) is 0 Å². The molecule has 5 heteroatoms. The quantitative estimate of drug-likeness (QED) is 0.615. The molecule has 0 bridgehead atoms. The monoisotopic (exact) mass is 398 g/mol. The van der Waals surface area contributed by atoms with Crippen LogP contribution in [0.2, 0.25) is 0 Å². The van der Waals surface area contributed by atoms with Crippen LogP contribution in [-0.4, -0.2) is 40.9 Å². The number of nitriles is 1. The third kappa shape index (κ3) is 6.40. The minimum Gasteiger partial charge on any atom is -0.459 e. The molecule has 1 aliphatic heterocycles. The number of likely N-dealkylation sites (tertiary alicyclic amines) is 1. The molecule has 2 rings (SSSR count). The Hall–Kier alpha value is -2.19. The summed E-state index contributed by atoms with van der Waals surface area (Å²) in [7, 11) is 0. The Morgan fingerprint density at radius 3 is 2.45 bits per heavy atom. The van der Waals surface area contributed by atoms with E-state index in [-0.39, 0.29) is 29.6 Å². The first-order chi connectivity index (χ1) is 13.7. The molecular weight excluding hydrogens is 364 g/mol. The number of nitrogens with zero attached hydrogens (tertiary/aromatic N) is 2. The van der Waals surface area contributed by atoms with Crippen molar-refractivity contribution in [3.63, 3.8) is 0 Å². The molecule has 1 aromatic rings. The Labute approximate surface area is 175 Å². The Balaban J connectivity index is 2.40. The van der Waals surface area contributed by atoms with Gasteiger partial charge in [0.1, 0.15) is 17.4 Å². The lowest BCUT2D eigenvalue weighted by molar-refractivity contribution is -0.162. The first kappa shape index (κ1) is 23.1. The van der Waals surface area contributed by atoms with Crippen molar-refractivity contribution in [2.75, 3.05) is 6.54 Å². The summed E-state index contributed by atoms with van der Waals surface area (Å²) in [5.41, 5.74) is 0.536. The van der Waals surface area contributed by atoms with Gasteiger partial charge in [0.05, 0.1) is 12.0 Å². The van der Waals surface area contributed by atoms with Gasteiger partial charge in [0.2, 0.25) is 0 Å². The Bertz CT molecular complexity index is 733. The van der Waals surface area contributed by atoms with Crippen LogP contribution in [0.1, 0.15) is 59.4 Å². The summed E-state index contributed by atoms with van der Waals surface area (Å²) in [4.78, 5) is 27.6. The van der Waals surface area contributed by atoms with E-state index in [0.717, 1.165) is 18.4 Å². The number of ketones is 1. The second-order valence-corrected chi connectivity index (χ2v) is 9.07. The first-order valence-corrected chi connectivity index (χ1v) is 10.6. The molecule has 0 amide bonds. The number of esters is 1. The van der Waals surface area contributed by atoms with E-state index in [2.05, 4.69) is 30.0 Å². The van der Waals surface area contributed by atoms with Gasteiger partial charge in [-0.2, -0.15) is 5.26 Å². The summed E-state index contributed by atoms with van der Waals surface area (Å²) < 4.78 is 5.67. The van der Waals surface area contributed by atoms with E-state index in [1.165, 1.54) is 0 Å². The molecule has 5 nitrogen and oxygen atoms in total. The third-order valence-corrected chi connectivity index (χ3v) is 5.50. The van der Waals surface area contributed by atoms with Gasteiger partial charge in [-0.1, -0.05) is 43.7 Å². The van der Waals surface area contributed by atoms with Crippen molar-refractivity contribution in [2.24, 2.45) is 11.8 Å². The molecule has 0 spiro atoms. The van der Waals surface area contributed by atoms with E-state index in [1.807, 2.05) is 39.0 Å². The Morgan fingerprint density at radius 2 is 1.93 bits per heavy atom. The summed E-state index contributed by atoms with van der Waals surface area (Å²) in [6, 6.07) is 11.7. The average molecular weight is 399 g/mol. The normalized spacial score (nSPS) is 21.9. The number of benzene rings is 1. The van der Waals surface area contributed by atoms with Crippen molar-refractivity contribution in [1.29, 1.82) is 5.26 Å². The average Bonchev–Trinajstić information content (AvgIpc) is 3.08. The van der Waals surface area contributed by atoms with Crippen molar-refractivity contribution in [1.82, 2.24) is 4.90 Å². The number of hydrogen-bond donors (Lipinski definition) is 0. The molecule has 29 heavy (non-hydrogen) atoms. The number of hydrogen-bond acceptors (Lipinski definition) is 5. The minimum atomic E-state index is -0.591. The van der Waals surface area contributed by atoms with Crippen LogP contribution in [0.4, 0.5) is 0 Å². The Kier molecular flexibility index (Phi) is 7.98. The lowest BCUT2D eigenvalue weighted by Gasteiger charge is -2.37. The van der Waals surface area contributed by atoms with E-state index in [4.69, 9.17) is 4.74 Å². The fourth-order valence-corrected chi connectivity index (χ4v) is 4.25. The van der Waals surface area contributed by atoms with Gasteiger partial charge in [-0.05, 0) is 52.5 Å². The second kappa shape index (κ2) is 10.0. The zero-order valence-corrected chi connectivity index (χ0v) is 18.4. The number of ether oxygens (including phenoxy) is 1. The van der Waals surface area contributed by atoms with Gasteiger partial charge in [0, 0.05) is 18.5 Å². The fourth-order valence-electron chi connectivity index (χ4n) is 4.25. The number of carbonyl (C=O) groups excluding carboxylic acids is 2. The van der Waals surface area contributed by atoms with E-state index < -0.39 is 11.6 Å². The van der Waals surface area contributed by atoms with E-state index in [1.54, 1.807) is 6.92 Å². The van der Waals surface area contributed by atoms with Crippen molar-refractivity contribution in [3.8, 4) is 6.07 Å². The molecule has 1 unspecified atom stereocenters. The zero-order chi connectivity index (χ0) is 21.6. The van der Waals surface area contributed by atoms with Crippen LogP contribution in [0.15, 0.2) is 30.3 Å². The smallest absolute Gasteiger partial charge is 0.323 e. The van der Waals surface area contributed by atoms with Gasteiger partial charge >= 0.3 is 5.97 Å².